The normalized spacial score (nSPS) is 13.0. The lowest BCUT2D eigenvalue weighted by Gasteiger charge is -2.29. The van der Waals surface area contributed by atoms with Crippen LogP contribution in [0.25, 0.3) is 10.2 Å². The van der Waals surface area contributed by atoms with Crippen LogP contribution in [-0.4, -0.2) is 58.7 Å². The molecule has 6 rings (SSSR count). The number of carbonyl (C=O) groups is 1. The van der Waals surface area contributed by atoms with Gasteiger partial charge in [0.05, 0.1) is 53.1 Å². The fraction of sp³-hybridized carbons (Fsp3) is 0.194. The SMILES string of the molecule is C=C(N[C@H](C(=O)NCc1ccc(C(CO)N(Cc2cn[nH]c2)S(=O)(=O)c2ccc3scnc3c2)s1)C(c1ccccc1)c1ccccc1)OC. The Hall–Kier alpha value is -4.86. The van der Waals surface area contributed by atoms with Gasteiger partial charge in [0.2, 0.25) is 15.9 Å². The minimum atomic E-state index is -4.11. The Balaban J connectivity index is 1.26. The molecule has 3 aromatic heterocycles. The average molecular weight is 729 g/mol. The van der Waals surface area contributed by atoms with Gasteiger partial charge in [-0.05, 0) is 48.0 Å². The van der Waals surface area contributed by atoms with Gasteiger partial charge in [0, 0.05) is 34.0 Å². The molecule has 50 heavy (non-hydrogen) atoms. The maximum atomic E-state index is 14.2. The van der Waals surface area contributed by atoms with Crippen molar-refractivity contribution in [1.82, 2.24) is 30.1 Å². The van der Waals surface area contributed by atoms with Crippen LogP contribution in [0.15, 0.2) is 126 Å². The highest BCUT2D eigenvalue weighted by molar-refractivity contribution is 7.89. The number of aromatic nitrogens is 3. The third-order valence-electron chi connectivity index (χ3n) is 8.27. The van der Waals surface area contributed by atoms with Gasteiger partial charge in [-0.2, -0.15) is 9.40 Å². The first-order valence-electron chi connectivity index (χ1n) is 15.7. The van der Waals surface area contributed by atoms with Crippen LogP contribution >= 0.6 is 22.7 Å². The van der Waals surface area contributed by atoms with E-state index in [0.717, 1.165) is 20.7 Å². The third-order valence-corrected chi connectivity index (χ3v) is 12.1. The maximum absolute atomic E-state index is 14.2. The Kier molecular flexibility index (Phi) is 11.0. The van der Waals surface area contributed by atoms with E-state index in [0.29, 0.717) is 16.0 Å². The number of ether oxygens (including phenoxy) is 1. The molecular weight excluding hydrogens is 693 g/mol. The predicted octanol–water partition coefficient (Wildman–Crippen LogP) is 5.53. The fourth-order valence-corrected chi connectivity index (χ4v) is 9.13. The third kappa shape index (κ3) is 7.79. The second kappa shape index (κ2) is 15.8. The van der Waals surface area contributed by atoms with Crippen LogP contribution in [0.5, 0.6) is 0 Å². The zero-order valence-electron chi connectivity index (χ0n) is 27.1. The smallest absolute Gasteiger partial charge is 0.244 e. The number of hydrogen-bond acceptors (Lipinski definition) is 10. The van der Waals surface area contributed by atoms with Crippen molar-refractivity contribution in [3.8, 4) is 0 Å². The number of amides is 1. The van der Waals surface area contributed by atoms with E-state index in [4.69, 9.17) is 4.74 Å². The van der Waals surface area contributed by atoms with Gasteiger partial charge in [0.1, 0.15) is 6.04 Å². The number of aromatic amines is 1. The molecule has 0 saturated heterocycles. The van der Waals surface area contributed by atoms with E-state index in [9.17, 15) is 18.3 Å². The summed E-state index contributed by atoms with van der Waals surface area (Å²) in [5.41, 5.74) is 4.76. The van der Waals surface area contributed by atoms with E-state index < -0.39 is 28.7 Å². The van der Waals surface area contributed by atoms with Crippen molar-refractivity contribution in [2.24, 2.45) is 0 Å². The van der Waals surface area contributed by atoms with Gasteiger partial charge in [-0.3, -0.25) is 9.89 Å². The molecule has 14 heteroatoms. The number of sulfonamides is 1. The number of fused-ring (bicyclic) bond motifs is 1. The first-order valence-corrected chi connectivity index (χ1v) is 18.8. The lowest BCUT2D eigenvalue weighted by atomic mass is 9.84. The predicted molar refractivity (Wildman–Crippen MR) is 195 cm³/mol. The average Bonchev–Trinajstić information content (AvgIpc) is 3.94. The van der Waals surface area contributed by atoms with Crippen LogP contribution in [0.1, 0.15) is 38.4 Å². The number of benzene rings is 3. The second-order valence-corrected chi connectivity index (χ2v) is 15.4. The van der Waals surface area contributed by atoms with Crippen molar-refractivity contribution in [2.45, 2.75) is 36.0 Å². The summed E-state index contributed by atoms with van der Waals surface area (Å²) in [6, 6.07) is 26.3. The molecule has 1 unspecified atom stereocenters. The summed E-state index contributed by atoms with van der Waals surface area (Å²) in [6.07, 6.45) is 3.17. The van der Waals surface area contributed by atoms with Crippen LogP contribution in [-0.2, 0) is 32.6 Å². The van der Waals surface area contributed by atoms with Crippen LogP contribution < -0.4 is 10.6 Å². The Morgan fingerprint density at radius 2 is 1.76 bits per heavy atom. The fourth-order valence-electron chi connectivity index (χ4n) is 5.75. The molecule has 0 spiro atoms. The van der Waals surface area contributed by atoms with E-state index in [1.807, 2.05) is 66.7 Å². The molecule has 0 aliphatic heterocycles. The molecule has 4 N–H and O–H groups in total. The monoisotopic (exact) mass is 728 g/mol. The van der Waals surface area contributed by atoms with Crippen LogP contribution in [0.2, 0.25) is 0 Å². The number of thiazole rings is 1. The number of methoxy groups -OCH3 is 1. The van der Waals surface area contributed by atoms with E-state index in [2.05, 4.69) is 32.4 Å². The summed E-state index contributed by atoms with van der Waals surface area (Å²) in [4.78, 5) is 19.8. The number of aliphatic hydroxyl groups excluding tert-OH is 1. The van der Waals surface area contributed by atoms with E-state index >= 15 is 0 Å². The molecule has 1 amide bonds. The molecule has 2 atom stereocenters. The molecular formula is C36H36N6O5S3. The molecule has 3 aromatic carbocycles. The van der Waals surface area contributed by atoms with Gasteiger partial charge in [0.15, 0.2) is 5.88 Å². The van der Waals surface area contributed by atoms with Crippen molar-refractivity contribution >= 4 is 48.8 Å². The Bertz CT molecular complexity index is 2100. The number of thiophene rings is 1. The zero-order valence-corrected chi connectivity index (χ0v) is 29.5. The minimum Gasteiger partial charge on any atom is -0.483 e. The first kappa shape index (κ1) is 35.0. The summed E-state index contributed by atoms with van der Waals surface area (Å²) in [6.45, 7) is 3.59. The van der Waals surface area contributed by atoms with Gasteiger partial charge in [0.25, 0.3) is 0 Å². The van der Waals surface area contributed by atoms with Gasteiger partial charge in [-0.25, -0.2) is 13.4 Å². The molecule has 6 aromatic rings. The zero-order chi connectivity index (χ0) is 35.1. The number of nitrogens with zero attached hydrogens (tertiary/aromatic N) is 3. The number of carbonyl (C=O) groups excluding carboxylic acids is 1. The molecule has 0 radical (unpaired) electrons. The van der Waals surface area contributed by atoms with E-state index in [1.54, 1.807) is 42.2 Å². The summed E-state index contributed by atoms with van der Waals surface area (Å²) in [5.74, 6) is -0.401. The summed E-state index contributed by atoms with van der Waals surface area (Å²) in [7, 11) is -2.62. The summed E-state index contributed by atoms with van der Waals surface area (Å²) >= 11 is 2.74. The van der Waals surface area contributed by atoms with Crippen molar-refractivity contribution in [3.63, 3.8) is 0 Å². The van der Waals surface area contributed by atoms with Gasteiger partial charge >= 0.3 is 0 Å². The standard InChI is InChI=1S/C36H36N6O5S3/c1-24(47-2)41-35(34(26-9-5-3-6-10-26)27-11-7-4-8-12-27)36(44)37-20-28-13-15-33(49-28)31(22-43)42(21-25-18-39-40-19-25)50(45,46)29-14-16-32-30(17-29)38-23-48-32/h3-19,23,31,34-35,41,43H,1,20-22H2,2H3,(H,37,44)(H,39,40)/t31?,35-/m0/s1. The quantitative estimate of drug-likeness (QED) is 0.0952. The maximum Gasteiger partial charge on any atom is 0.244 e. The molecule has 3 heterocycles. The number of aliphatic hydroxyl groups is 1. The molecule has 0 bridgehead atoms. The van der Waals surface area contributed by atoms with Crippen LogP contribution in [0, 0.1) is 0 Å². The Morgan fingerprint density at radius 1 is 1.04 bits per heavy atom. The van der Waals surface area contributed by atoms with E-state index in [-0.39, 0.29) is 35.7 Å². The van der Waals surface area contributed by atoms with E-state index in [1.165, 1.54) is 34.1 Å². The van der Waals surface area contributed by atoms with Gasteiger partial charge in [-0.1, -0.05) is 60.7 Å². The molecule has 0 aliphatic carbocycles. The topological polar surface area (TPSA) is 150 Å². The number of rotatable bonds is 16. The highest BCUT2D eigenvalue weighted by atomic mass is 32.2. The second-order valence-electron chi connectivity index (χ2n) is 11.4. The molecule has 0 fully saturated rings. The number of nitrogens with one attached hydrogen (secondary N) is 3. The summed E-state index contributed by atoms with van der Waals surface area (Å²) in [5, 5.41) is 23.6. The Morgan fingerprint density at radius 3 is 2.40 bits per heavy atom. The van der Waals surface area contributed by atoms with Crippen molar-refractivity contribution in [1.29, 1.82) is 0 Å². The Labute approximate surface area is 298 Å². The number of H-pyrrole nitrogens is 1. The largest absolute Gasteiger partial charge is 0.483 e. The van der Waals surface area contributed by atoms with Gasteiger partial charge in [-0.15, -0.1) is 22.7 Å². The molecule has 0 saturated carbocycles. The lowest BCUT2D eigenvalue weighted by Crippen LogP contribution is -2.47. The van der Waals surface area contributed by atoms with Crippen molar-refractivity contribution < 1.29 is 23.1 Å². The molecule has 11 nitrogen and oxygen atoms in total. The minimum absolute atomic E-state index is 0.0276. The first-order chi connectivity index (χ1) is 24.3. The summed E-state index contributed by atoms with van der Waals surface area (Å²) < 4.78 is 35.9. The van der Waals surface area contributed by atoms with Crippen LogP contribution in [0.3, 0.4) is 0 Å². The van der Waals surface area contributed by atoms with Crippen molar-refractivity contribution in [3.05, 3.63) is 148 Å². The molecule has 0 aliphatic rings. The van der Waals surface area contributed by atoms with Crippen molar-refractivity contribution in [2.75, 3.05) is 13.7 Å². The lowest BCUT2D eigenvalue weighted by molar-refractivity contribution is -0.123. The highest BCUT2D eigenvalue weighted by Gasteiger charge is 2.35. The molecule has 258 valence electrons. The number of hydrogen-bond donors (Lipinski definition) is 4. The highest BCUT2D eigenvalue weighted by Crippen LogP contribution is 2.35. The van der Waals surface area contributed by atoms with Crippen LogP contribution in [0.4, 0.5) is 0 Å². The van der Waals surface area contributed by atoms with Gasteiger partial charge < -0.3 is 20.5 Å².